The number of isocyanates is 1. The summed E-state index contributed by atoms with van der Waals surface area (Å²) in [5, 5.41) is 0. The Hall–Kier alpha value is 0.200. The lowest BCUT2D eigenvalue weighted by molar-refractivity contribution is 0.336. The van der Waals surface area contributed by atoms with Crippen LogP contribution in [0, 0.1) is 0 Å². The number of aliphatic imine (C=N–C) groups is 1. The number of rotatable bonds is 3. The molecular formula is C5H12N2OP2. The van der Waals surface area contributed by atoms with E-state index in [4.69, 9.17) is 0 Å². The quantitative estimate of drug-likeness (QED) is 0.371. The van der Waals surface area contributed by atoms with Gasteiger partial charge in [0.1, 0.15) is 5.66 Å². The van der Waals surface area contributed by atoms with Gasteiger partial charge < -0.3 is 0 Å². The first-order valence-corrected chi connectivity index (χ1v) is 3.98. The van der Waals surface area contributed by atoms with E-state index in [0.29, 0.717) is 0 Å². The van der Waals surface area contributed by atoms with E-state index in [2.05, 4.69) is 23.8 Å². The minimum absolute atomic E-state index is 0.447. The van der Waals surface area contributed by atoms with Gasteiger partial charge in [-0.25, -0.2) is 9.24 Å². The zero-order valence-electron chi connectivity index (χ0n) is 6.16. The third-order valence-corrected chi connectivity index (χ3v) is 2.63. The van der Waals surface area contributed by atoms with Crippen LogP contribution in [0.4, 0.5) is 0 Å². The maximum Gasteiger partial charge on any atom is 0.236 e. The molecule has 0 aliphatic rings. The first-order valence-electron chi connectivity index (χ1n) is 2.95. The van der Waals surface area contributed by atoms with Gasteiger partial charge in [0.05, 0.1) is 0 Å². The molecule has 3 nitrogen and oxygen atoms in total. The number of hydrogen-bond donors (Lipinski definition) is 0. The van der Waals surface area contributed by atoms with Crippen molar-refractivity contribution in [2.24, 2.45) is 4.99 Å². The summed E-state index contributed by atoms with van der Waals surface area (Å²) in [5.41, 5.74) is -0.447. The molecule has 0 N–H and O–H groups in total. The number of nitrogens with zero attached hydrogens (tertiary/aromatic N) is 2. The maximum atomic E-state index is 9.95. The zero-order chi connectivity index (χ0) is 8.20. The van der Waals surface area contributed by atoms with Gasteiger partial charge in [0.2, 0.25) is 6.08 Å². The van der Waals surface area contributed by atoms with Gasteiger partial charge in [0, 0.05) is 0 Å². The number of carbonyl (C=O) groups excluding carboxylic acids is 1. The van der Waals surface area contributed by atoms with Gasteiger partial charge in [-0.1, -0.05) is 25.7 Å². The molecule has 3 atom stereocenters. The van der Waals surface area contributed by atoms with E-state index in [-0.39, 0.29) is 0 Å². The first kappa shape index (κ1) is 10.2. The predicted molar refractivity (Wildman–Crippen MR) is 48.1 cm³/mol. The lowest BCUT2D eigenvalue weighted by Gasteiger charge is -2.28. The molecule has 0 aromatic rings. The monoisotopic (exact) mass is 178 g/mol. The largest absolute Gasteiger partial charge is 0.246 e. The molecule has 3 unspecified atom stereocenters. The van der Waals surface area contributed by atoms with Crippen LogP contribution < -0.4 is 0 Å². The molecule has 0 aromatic heterocycles. The minimum Gasteiger partial charge on any atom is -0.246 e. The smallest absolute Gasteiger partial charge is 0.236 e. The van der Waals surface area contributed by atoms with Gasteiger partial charge in [-0.15, -0.1) is 0 Å². The van der Waals surface area contributed by atoms with Crippen molar-refractivity contribution in [3.63, 3.8) is 0 Å². The minimum atomic E-state index is -0.447. The van der Waals surface area contributed by atoms with Crippen molar-refractivity contribution < 1.29 is 4.79 Å². The summed E-state index contributed by atoms with van der Waals surface area (Å²) in [5.74, 6) is 0. The molecule has 58 valence electrons. The summed E-state index contributed by atoms with van der Waals surface area (Å²) < 4.78 is 1.73. The topological polar surface area (TPSA) is 32.7 Å². The highest BCUT2D eigenvalue weighted by Crippen LogP contribution is 2.27. The van der Waals surface area contributed by atoms with E-state index in [0.717, 1.165) is 6.42 Å². The van der Waals surface area contributed by atoms with Crippen LogP contribution in [0.2, 0.25) is 0 Å². The van der Waals surface area contributed by atoms with Crippen molar-refractivity contribution in [3.8, 4) is 0 Å². The lowest BCUT2D eigenvalue weighted by atomic mass is 10.2. The lowest BCUT2D eigenvalue weighted by Crippen LogP contribution is -2.30. The average molecular weight is 178 g/mol. The van der Waals surface area contributed by atoms with E-state index in [1.165, 1.54) is 0 Å². The molecule has 0 bridgehead atoms. The molecule has 0 heterocycles. The Bertz CT molecular complexity index is 156. The summed E-state index contributed by atoms with van der Waals surface area (Å²) in [4.78, 5) is 13.6. The first-order chi connectivity index (χ1) is 4.56. The van der Waals surface area contributed by atoms with Crippen molar-refractivity contribution in [3.05, 3.63) is 0 Å². The standard InChI is InChI=1S/C5H12N2OP2/c1-3-5(2,6-4-8)7(9)10/h3,9-10H2,1-2H3. The number of hydrogen-bond acceptors (Lipinski definition) is 3. The third kappa shape index (κ3) is 2.44. The van der Waals surface area contributed by atoms with Gasteiger partial charge in [-0.05, 0) is 13.3 Å². The summed E-state index contributed by atoms with van der Waals surface area (Å²) >= 11 is 0. The summed E-state index contributed by atoms with van der Waals surface area (Å²) in [6.45, 7) is 3.82. The van der Waals surface area contributed by atoms with Crippen LogP contribution in [0.5, 0.6) is 0 Å². The molecule has 0 aliphatic heterocycles. The van der Waals surface area contributed by atoms with E-state index >= 15 is 0 Å². The fraction of sp³-hybridized carbons (Fsp3) is 0.800. The van der Waals surface area contributed by atoms with Gasteiger partial charge in [-0.3, -0.25) is 0 Å². The van der Waals surface area contributed by atoms with Gasteiger partial charge >= 0.3 is 0 Å². The SMILES string of the molecule is CCC(C)(N=C=O)N(P)P. The van der Waals surface area contributed by atoms with E-state index < -0.39 is 5.66 Å². The van der Waals surface area contributed by atoms with Crippen molar-refractivity contribution in [1.29, 1.82) is 0 Å². The van der Waals surface area contributed by atoms with Gasteiger partial charge in [0.25, 0.3) is 0 Å². The normalized spacial score (nSPS) is 16.1. The van der Waals surface area contributed by atoms with Crippen molar-refractivity contribution in [2.75, 3.05) is 0 Å². The molecule has 0 saturated carbocycles. The van der Waals surface area contributed by atoms with Crippen LogP contribution in [0.3, 0.4) is 0 Å². The van der Waals surface area contributed by atoms with Gasteiger partial charge in [0.15, 0.2) is 0 Å². The zero-order valence-corrected chi connectivity index (χ0v) is 8.47. The molecule has 0 radical (unpaired) electrons. The maximum absolute atomic E-state index is 9.95. The molecule has 0 spiro atoms. The molecule has 0 aromatic carbocycles. The molecular weight excluding hydrogens is 166 g/mol. The van der Waals surface area contributed by atoms with E-state index in [1.54, 1.807) is 10.5 Å². The Balaban J connectivity index is 4.37. The third-order valence-electron chi connectivity index (χ3n) is 1.51. The Morgan fingerprint density at radius 3 is 2.30 bits per heavy atom. The van der Waals surface area contributed by atoms with Crippen molar-refractivity contribution in [2.45, 2.75) is 25.9 Å². The van der Waals surface area contributed by atoms with Crippen LogP contribution in [0.15, 0.2) is 4.99 Å². The Labute approximate surface area is 65.8 Å². The predicted octanol–water partition coefficient (Wildman–Crippen LogP) is 1.33. The highest BCUT2D eigenvalue weighted by atomic mass is 31.1. The van der Waals surface area contributed by atoms with Crippen molar-refractivity contribution >= 4 is 24.9 Å². The van der Waals surface area contributed by atoms with Gasteiger partial charge in [-0.2, -0.15) is 4.99 Å². The Kier molecular flexibility index (Phi) is 4.24. The van der Waals surface area contributed by atoms with Crippen LogP contribution in [-0.4, -0.2) is 16.2 Å². The highest BCUT2D eigenvalue weighted by molar-refractivity contribution is 7.31. The van der Waals surface area contributed by atoms with E-state index in [1.807, 2.05) is 13.8 Å². The second-order valence-corrected chi connectivity index (χ2v) is 3.89. The van der Waals surface area contributed by atoms with E-state index in [9.17, 15) is 4.79 Å². The molecule has 0 rings (SSSR count). The molecule has 0 saturated heterocycles. The average Bonchev–Trinajstić information content (AvgIpc) is 1.88. The summed E-state index contributed by atoms with van der Waals surface area (Å²) in [6, 6.07) is 0. The molecule has 5 heteroatoms. The Morgan fingerprint density at radius 2 is 2.20 bits per heavy atom. The second-order valence-electron chi connectivity index (χ2n) is 2.18. The van der Waals surface area contributed by atoms with Crippen LogP contribution in [0.25, 0.3) is 0 Å². The highest BCUT2D eigenvalue weighted by Gasteiger charge is 2.23. The fourth-order valence-corrected chi connectivity index (χ4v) is 0.898. The van der Waals surface area contributed by atoms with Crippen LogP contribution in [-0.2, 0) is 4.79 Å². The Morgan fingerprint density at radius 1 is 1.70 bits per heavy atom. The molecule has 0 fully saturated rings. The summed E-state index contributed by atoms with van der Waals surface area (Å²) in [7, 11) is 4.89. The fourth-order valence-electron chi connectivity index (χ4n) is 0.418. The molecule has 10 heavy (non-hydrogen) atoms. The summed E-state index contributed by atoms with van der Waals surface area (Å²) in [6.07, 6.45) is 2.32. The van der Waals surface area contributed by atoms with Crippen LogP contribution >= 0.6 is 18.8 Å². The van der Waals surface area contributed by atoms with Crippen LogP contribution in [0.1, 0.15) is 20.3 Å². The molecule has 0 aliphatic carbocycles. The second kappa shape index (κ2) is 4.16. The molecule has 0 amide bonds. The van der Waals surface area contributed by atoms with Crippen molar-refractivity contribution in [1.82, 2.24) is 4.44 Å².